The van der Waals surface area contributed by atoms with E-state index >= 15 is 0 Å². The molecule has 1 aliphatic carbocycles. The van der Waals surface area contributed by atoms with Gasteiger partial charge in [0.15, 0.2) is 0 Å². The Morgan fingerprint density at radius 3 is 2.52 bits per heavy atom. The highest BCUT2D eigenvalue weighted by Crippen LogP contribution is 2.35. The Labute approximate surface area is 180 Å². The van der Waals surface area contributed by atoms with Crippen LogP contribution in [0.5, 0.6) is 0 Å². The summed E-state index contributed by atoms with van der Waals surface area (Å²) in [5.74, 6) is 0.594. The zero-order valence-corrected chi connectivity index (χ0v) is 17.6. The third-order valence-corrected chi connectivity index (χ3v) is 6.20. The van der Waals surface area contributed by atoms with Crippen molar-refractivity contribution in [2.45, 2.75) is 25.8 Å². The van der Waals surface area contributed by atoms with E-state index in [4.69, 9.17) is 0 Å². The number of nitrogens with zero attached hydrogens (tertiary/aromatic N) is 3. The number of rotatable bonds is 3. The Bertz CT molecular complexity index is 1360. The summed E-state index contributed by atoms with van der Waals surface area (Å²) >= 11 is 0. The average Bonchev–Trinajstić information content (AvgIpc) is 3.23. The lowest BCUT2D eigenvalue weighted by Crippen LogP contribution is -2.30. The molecule has 5 nitrogen and oxygen atoms in total. The molecular weight excluding hydrogens is 386 g/mol. The van der Waals surface area contributed by atoms with Crippen molar-refractivity contribution < 1.29 is 4.79 Å². The van der Waals surface area contributed by atoms with E-state index in [0.717, 1.165) is 12.8 Å². The number of fused-ring (bicyclic) bond motifs is 2. The Morgan fingerprint density at radius 2 is 1.71 bits per heavy atom. The highest BCUT2D eigenvalue weighted by atomic mass is 16.2. The van der Waals surface area contributed by atoms with Crippen LogP contribution in [0.3, 0.4) is 0 Å². The number of carbonyl (C=O) groups is 1. The van der Waals surface area contributed by atoms with Gasteiger partial charge in [0, 0.05) is 12.6 Å². The van der Waals surface area contributed by atoms with E-state index in [0.29, 0.717) is 28.0 Å². The molecule has 0 aliphatic heterocycles. The molecule has 31 heavy (non-hydrogen) atoms. The molecule has 4 aromatic rings. The maximum atomic E-state index is 13.1. The van der Waals surface area contributed by atoms with Gasteiger partial charge < -0.3 is 4.90 Å². The second-order valence-corrected chi connectivity index (χ2v) is 8.03. The molecule has 5 rings (SSSR count). The van der Waals surface area contributed by atoms with E-state index < -0.39 is 0 Å². The topological polar surface area (TPSA) is 55.2 Å². The SMILES string of the molecule is Cc1nc2ccccc2c(=O)n1-c1ccc(C(=O)N(C)C2CCc3ccccc32)cc1. The fraction of sp³-hybridized carbons (Fsp3) is 0.192. The maximum Gasteiger partial charge on any atom is 0.265 e. The highest BCUT2D eigenvalue weighted by molar-refractivity contribution is 5.94. The summed E-state index contributed by atoms with van der Waals surface area (Å²) in [6.07, 6.45) is 1.94. The minimum absolute atomic E-state index is 0.0195. The smallest absolute Gasteiger partial charge is 0.265 e. The Kier molecular flexibility index (Phi) is 4.66. The molecule has 1 heterocycles. The van der Waals surface area contributed by atoms with Crippen LogP contribution in [0.1, 0.15) is 39.8 Å². The minimum Gasteiger partial charge on any atom is -0.335 e. The Hall–Kier alpha value is -3.73. The zero-order valence-electron chi connectivity index (χ0n) is 17.6. The monoisotopic (exact) mass is 409 g/mol. The number of aromatic nitrogens is 2. The van der Waals surface area contributed by atoms with Gasteiger partial charge in [0.05, 0.1) is 22.6 Å². The van der Waals surface area contributed by atoms with Gasteiger partial charge in [-0.05, 0) is 67.3 Å². The molecule has 0 fully saturated rings. The number of aryl methyl sites for hydroxylation is 2. The second kappa shape index (κ2) is 7.51. The zero-order chi connectivity index (χ0) is 21.5. The molecule has 1 aromatic heterocycles. The van der Waals surface area contributed by atoms with Crippen molar-refractivity contribution in [3.63, 3.8) is 0 Å². The van der Waals surface area contributed by atoms with Gasteiger partial charge in [-0.3, -0.25) is 14.2 Å². The maximum absolute atomic E-state index is 13.1. The van der Waals surface area contributed by atoms with Gasteiger partial charge in [-0.1, -0.05) is 36.4 Å². The Balaban J connectivity index is 1.45. The van der Waals surface area contributed by atoms with Crippen molar-refractivity contribution in [1.82, 2.24) is 14.5 Å². The Morgan fingerprint density at radius 1 is 1.00 bits per heavy atom. The van der Waals surface area contributed by atoms with E-state index in [1.54, 1.807) is 22.8 Å². The number of carbonyl (C=O) groups excluding carboxylic acids is 1. The molecule has 1 amide bonds. The highest BCUT2D eigenvalue weighted by Gasteiger charge is 2.28. The fourth-order valence-corrected chi connectivity index (χ4v) is 4.58. The van der Waals surface area contributed by atoms with Gasteiger partial charge in [0.25, 0.3) is 11.5 Å². The van der Waals surface area contributed by atoms with Gasteiger partial charge in [0.2, 0.25) is 0 Å². The van der Waals surface area contributed by atoms with Crippen LogP contribution in [0.15, 0.2) is 77.6 Å². The van der Waals surface area contributed by atoms with Crippen LogP contribution in [0.4, 0.5) is 0 Å². The molecule has 1 aliphatic rings. The molecule has 0 saturated heterocycles. The van der Waals surface area contributed by atoms with Crippen molar-refractivity contribution in [2.75, 3.05) is 7.05 Å². The summed E-state index contributed by atoms with van der Waals surface area (Å²) in [4.78, 5) is 32.5. The van der Waals surface area contributed by atoms with Gasteiger partial charge >= 0.3 is 0 Å². The first-order chi connectivity index (χ1) is 15.0. The predicted octanol–water partition coefficient (Wildman–Crippen LogP) is 4.45. The van der Waals surface area contributed by atoms with E-state index in [-0.39, 0.29) is 17.5 Å². The lowest BCUT2D eigenvalue weighted by atomic mass is 10.1. The first kappa shape index (κ1) is 19.2. The van der Waals surface area contributed by atoms with E-state index in [9.17, 15) is 9.59 Å². The van der Waals surface area contributed by atoms with Crippen LogP contribution in [0, 0.1) is 6.92 Å². The van der Waals surface area contributed by atoms with E-state index in [1.807, 2.05) is 61.3 Å². The molecule has 0 saturated carbocycles. The summed E-state index contributed by atoms with van der Waals surface area (Å²) < 4.78 is 1.59. The lowest BCUT2D eigenvalue weighted by molar-refractivity contribution is 0.0730. The molecule has 3 aromatic carbocycles. The average molecular weight is 409 g/mol. The van der Waals surface area contributed by atoms with Crippen molar-refractivity contribution in [3.8, 4) is 5.69 Å². The minimum atomic E-state index is -0.109. The first-order valence-electron chi connectivity index (χ1n) is 10.5. The largest absolute Gasteiger partial charge is 0.335 e. The number of hydrogen-bond donors (Lipinski definition) is 0. The van der Waals surface area contributed by atoms with Gasteiger partial charge in [0.1, 0.15) is 5.82 Å². The summed E-state index contributed by atoms with van der Waals surface area (Å²) in [5, 5.41) is 0.577. The quantitative estimate of drug-likeness (QED) is 0.502. The third-order valence-electron chi connectivity index (χ3n) is 6.20. The molecular formula is C26H23N3O2. The van der Waals surface area contributed by atoms with Crippen LogP contribution < -0.4 is 5.56 Å². The van der Waals surface area contributed by atoms with Gasteiger partial charge in [-0.25, -0.2) is 4.98 Å². The van der Waals surface area contributed by atoms with E-state index in [2.05, 4.69) is 17.1 Å². The standard InChI is InChI=1S/C26H23N3O2/c1-17-27-23-10-6-5-9-22(23)26(31)29(17)20-14-11-19(12-15-20)25(30)28(2)24-16-13-18-7-3-4-8-21(18)24/h3-12,14-15,24H,13,16H2,1-2H3. The predicted molar refractivity (Wildman–Crippen MR) is 122 cm³/mol. The molecule has 1 atom stereocenters. The van der Waals surface area contributed by atoms with Crippen LogP contribution in [0.2, 0.25) is 0 Å². The number of hydrogen-bond acceptors (Lipinski definition) is 3. The van der Waals surface area contributed by atoms with Crippen LogP contribution in [0.25, 0.3) is 16.6 Å². The third kappa shape index (κ3) is 3.22. The van der Waals surface area contributed by atoms with Gasteiger partial charge in [-0.15, -0.1) is 0 Å². The number of benzene rings is 3. The lowest BCUT2D eigenvalue weighted by Gasteiger charge is -2.25. The van der Waals surface area contributed by atoms with Crippen molar-refractivity contribution in [3.05, 3.63) is 106 Å². The number of amides is 1. The molecule has 0 radical (unpaired) electrons. The summed E-state index contributed by atoms with van der Waals surface area (Å²) in [7, 11) is 1.87. The van der Waals surface area contributed by atoms with Crippen LogP contribution in [-0.2, 0) is 6.42 Å². The second-order valence-electron chi connectivity index (χ2n) is 8.03. The van der Waals surface area contributed by atoms with Crippen molar-refractivity contribution in [1.29, 1.82) is 0 Å². The van der Waals surface area contributed by atoms with Gasteiger partial charge in [-0.2, -0.15) is 0 Å². The summed E-state index contributed by atoms with van der Waals surface area (Å²) in [6.45, 7) is 1.82. The molecule has 0 N–H and O–H groups in total. The molecule has 0 spiro atoms. The molecule has 154 valence electrons. The number of para-hydroxylation sites is 1. The molecule has 0 bridgehead atoms. The van der Waals surface area contributed by atoms with Crippen molar-refractivity contribution in [2.24, 2.45) is 0 Å². The van der Waals surface area contributed by atoms with Crippen LogP contribution in [-0.4, -0.2) is 27.4 Å². The normalized spacial score (nSPS) is 15.1. The first-order valence-corrected chi connectivity index (χ1v) is 10.5. The van der Waals surface area contributed by atoms with Crippen LogP contribution >= 0.6 is 0 Å². The molecule has 5 heteroatoms. The van der Waals surface area contributed by atoms with E-state index in [1.165, 1.54) is 11.1 Å². The summed E-state index contributed by atoms with van der Waals surface area (Å²) in [6, 6.07) is 23.0. The summed E-state index contributed by atoms with van der Waals surface area (Å²) in [5.41, 5.74) is 4.44. The van der Waals surface area contributed by atoms with Crippen molar-refractivity contribution >= 4 is 16.8 Å². The fourth-order valence-electron chi connectivity index (χ4n) is 4.58. The molecule has 1 unspecified atom stereocenters.